The summed E-state index contributed by atoms with van der Waals surface area (Å²) in [4.78, 5) is 4.26. The van der Waals surface area contributed by atoms with Gasteiger partial charge in [-0.1, -0.05) is 19.1 Å². The van der Waals surface area contributed by atoms with E-state index in [9.17, 15) is 10.5 Å². The average Bonchev–Trinajstić information content (AvgIpc) is 3.16. The van der Waals surface area contributed by atoms with Gasteiger partial charge in [0.2, 0.25) is 0 Å². The van der Waals surface area contributed by atoms with Gasteiger partial charge in [0.05, 0.1) is 24.7 Å². The summed E-state index contributed by atoms with van der Waals surface area (Å²) in [6.45, 7) is 1.92. The first-order chi connectivity index (χ1) is 12.0. The van der Waals surface area contributed by atoms with E-state index in [0.717, 1.165) is 5.56 Å². The Labute approximate surface area is 146 Å². The Bertz CT molecular complexity index is 818. The molecule has 1 saturated carbocycles. The molecule has 0 unspecified atom stereocenters. The molecule has 0 radical (unpaired) electrons. The number of aliphatic imine (C=N–C) groups is 1. The summed E-state index contributed by atoms with van der Waals surface area (Å²) < 4.78 is 16.3. The Morgan fingerprint density at radius 3 is 2.08 bits per heavy atom. The molecule has 0 spiro atoms. The lowest BCUT2D eigenvalue weighted by atomic mass is 9.80. The van der Waals surface area contributed by atoms with E-state index in [1.807, 2.05) is 19.1 Å². The zero-order chi connectivity index (χ0) is 18.5. The summed E-state index contributed by atoms with van der Waals surface area (Å²) in [6, 6.07) is 11.9. The first-order valence-electron chi connectivity index (χ1n) is 7.90. The van der Waals surface area contributed by atoms with Crippen molar-refractivity contribution in [1.82, 2.24) is 0 Å². The van der Waals surface area contributed by atoms with Crippen LogP contribution in [-0.4, -0.2) is 33.1 Å². The van der Waals surface area contributed by atoms with Crippen molar-refractivity contribution in [3.05, 3.63) is 29.8 Å². The van der Waals surface area contributed by atoms with Gasteiger partial charge in [-0.3, -0.25) is 0 Å². The maximum atomic E-state index is 10.2. The van der Waals surface area contributed by atoms with Crippen molar-refractivity contribution in [2.75, 3.05) is 21.3 Å². The Morgan fingerprint density at radius 1 is 1.08 bits per heavy atom. The van der Waals surface area contributed by atoms with Crippen LogP contribution in [0.5, 0.6) is 5.75 Å². The normalized spacial score (nSPS) is 34.4. The number of hydrogen-bond donors (Lipinski definition) is 1. The van der Waals surface area contributed by atoms with Crippen molar-refractivity contribution in [2.45, 2.75) is 24.7 Å². The highest BCUT2D eigenvalue weighted by molar-refractivity contribution is 6.02. The quantitative estimate of drug-likeness (QED) is 0.816. The zero-order valence-corrected chi connectivity index (χ0v) is 14.7. The lowest BCUT2D eigenvalue weighted by Gasteiger charge is -2.33. The van der Waals surface area contributed by atoms with Crippen molar-refractivity contribution < 1.29 is 14.2 Å². The minimum absolute atomic E-state index is 0.0675. The molecular weight excluding hydrogens is 320 g/mol. The minimum Gasteiger partial charge on any atom is -0.497 e. The SMILES string of the molecule is CC[C@@]1(c2ccc(OC)cc2)[C@]2(C#N)C(N)=NC(OC)(OC)[C@@]21C#N. The predicted octanol–water partition coefficient (Wildman–Crippen LogP) is 1.69. The van der Waals surface area contributed by atoms with Gasteiger partial charge in [-0.25, -0.2) is 4.99 Å². The average molecular weight is 340 g/mol. The predicted molar refractivity (Wildman–Crippen MR) is 89.4 cm³/mol. The molecule has 130 valence electrons. The van der Waals surface area contributed by atoms with Gasteiger partial charge < -0.3 is 19.9 Å². The van der Waals surface area contributed by atoms with Crippen molar-refractivity contribution in [3.63, 3.8) is 0 Å². The Hall–Kier alpha value is -2.61. The molecule has 1 aliphatic carbocycles. The second-order valence-electron chi connectivity index (χ2n) is 6.20. The molecule has 1 heterocycles. The number of nitriles is 2. The largest absolute Gasteiger partial charge is 0.497 e. The van der Waals surface area contributed by atoms with Gasteiger partial charge in [-0.15, -0.1) is 0 Å². The molecule has 0 aromatic heterocycles. The van der Waals surface area contributed by atoms with Gasteiger partial charge in [-0.2, -0.15) is 10.5 Å². The summed E-state index contributed by atoms with van der Waals surface area (Å²) in [6.07, 6.45) is 0.491. The van der Waals surface area contributed by atoms with Crippen LogP contribution in [0.15, 0.2) is 29.3 Å². The van der Waals surface area contributed by atoms with Crippen LogP contribution in [0.2, 0.25) is 0 Å². The van der Waals surface area contributed by atoms with Crippen LogP contribution < -0.4 is 10.5 Å². The van der Waals surface area contributed by atoms with Gasteiger partial charge in [0, 0.05) is 14.2 Å². The van der Waals surface area contributed by atoms with Crippen LogP contribution in [0.4, 0.5) is 0 Å². The highest BCUT2D eigenvalue weighted by Gasteiger charge is 3.00. The Kier molecular flexibility index (Phi) is 3.58. The summed E-state index contributed by atoms with van der Waals surface area (Å²) >= 11 is 0. The fourth-order valence-corrected chi connectivity index (χ4v) is 4.88. The first kappa shape index (κ1) is 17.2. The molecule has 1 aliphatic heterocycles. The molecule has 3 atom stereocenters. The molecule has 1 fully saturated rings. The summed E-state index contributed by atoms with van der Waals surface area (Å²) in [5.41, 5.74) is 3.40. The lowest BCUT2D eigenvalue weighted by molar-refractivity contribution is -0.234. The molecule has 1 aromatic carbocycles. The van der Waals surface area contributed by atoms with E-state index >= 15 is 0 Å². The second-order valence-corrected chi connectivity index (χ2v) is 6.20. The molecule has 7 nitrogen and oxygen atoms in total. The highest BCUT2D eigenvalue weighted by Crippen LogP contribution is 2.86. The number of methoxy groups -OCH3 is 3. The van der Waals surface area contributed by atoms with E-state index in [4.69, 9.17) is 19.9 Å². The Balaban J connectivity index is 2.33. The molecule has 0 saturated heterocycles. The third-order valence-corrected chi connectivity index (χ3v) is 5.91. The molecule has 0 bridgehead atoms. The number of rotatable bonds is 5. The zero-order valence-electron chi connectivity index (χ0n) is 14.7. The van der Waals surface area contributed by atoms with Crippen LogP contribution in [0.25, 0.3) is 0 Å². The van der Waals surface area contributed by atoms with Crippen LogP contribution in [0, 0.1) is 33.5 Å². The lowest BCUT2D eigenvalue weighted by Crippen LogP contribution is -2.45. The molecule has 1 aromatic rings. The molecule has 25 heavy (non-hydrogen) atoms. The minimum atomic E-state index is -1.63. The number of benzene rings is 1. The van der Waals surface area contributed by atoms with E-state index < -0.39 is 22.2 Å². The standard InChI is InChI=1S/C18H20N4O3/c1-5-15(12-6-8-13(23-2)9-7-12)16(10-19)14(21)22-18(24-3,25-4)17(15,16)11-20/h6-9H,5H2,1-4H3,(H2,21,22)/t15-,16+,17-/m1/s1. The van der Waals surface area contributed by atoms with E-state index in [1.54, 1.807) is 19.2 Å². The van der Waals surface area contributed by atoms with Crippen molar-refractivity contribution in [1.29, 1.82) is 10.5 Å². The first-order valence-corrected chi connectivity index (χ1v) is 7.90. The van der Waals surface area contributed by atoms with Gasteiger partial charge in [0.25, 0.3) is 5.91 Å². The molecule has 2 N–H and O–H groups in total. The third kappa shape index (κ3) is 1.41. The van der Waals surface area contributed by atoms with Gasteiger partial charge in [0.15, 0.2) is 10.8 Å². The van der Waals surface area contributed by atoms with E-state index in [-0.39, 0.29) is 5.84 Å². The van der Waals surface area contributed by atoms with Gasteiger partial charge >= 0.3 is 0 Å². The topological polar surface area (TPSA) is 114 Å². The van der Waals surface area contributed by atoms with Crippen LogP contribution in [0.1, 0.15) is 18.9 Å². The Morgan fingerprint density at radius 2 is 1.68 bits per heavy atom. The number of hydrogen-bond acceptors (Lipinski definition) is 7. The third-order valence-electron chi connectivity index (χ3n) is 5.91. The van der Waals surface area contributed by atoms with E-state index in [2.05, 4.69) is 17.1 Å². The number of ether oxygens (including phenoxy) is 3. The maximum absolute atomic E-state index is 10.2. The number of nitrogens with two attached hydrogens (primary N) is 1. The van der Waals surface area contributed by atoms with Crippen LogP contribution in [-0.2, 0) is 14.9 Å². The fraction of sp³-hybridized carbons (Fsp3) is 0.500. The molecule has 7 heteroatoms. The smallest absolute Gasteiger partial charge is 0.293 e. The highest BCUT2D eigenvalue weighted by atomic mass is 16.7. The van der Waals surface area contributed by atoms with E-state index in [1.165, 1.54) is 14.2 Å². The van der Waals surface area contributed by atoms with Crippen molar-refractivity contribution in [3.8, 4) is 17.9 Å². The van der Waals surface area contributed by atoms with Gasteiger partial charge in [0.1, 0.15) is 11.6 Å². The number of fused-ring (bicyclic) bond motifs is 1. The monoisotopic (exact) mass is 340 g/mol. The summed E-state index contributed by atoms with van der Waals surface area (Å²) in [5.74, 6) is -0.876. The van der Waals surface area contributed by atoms with Crippen LogP contribution >= 0.6 is 0 Å². The summed E-state index contributed by atoms with van der Waals surface area (Å²) in [7, 11) is 4.38. The fourth-order valence-electron chi connectivity index (χ4n) is 4.88. The van der Waals surface area contributed by atoms with Crippen molar-refractivity contribution >= 4 is 5.84 Å². The van der Waals surface area contributed by atoms with Crippen LogP contribution in [0.3, 0.4) is 0 Å². The summed E-state index contributed by atoms with van der Waals surface area (Å²) in [5, 5.41) is 20.3. The molecular formula is C18H20N4O3. The number of nitrogens with zero attached hydrogens (tertiary/aromatic N) is 3. The second kappa shape index (κ2) is 5.19. The number of amidine groups is 1. The molecule has 2 aliphatic rings. The maximum Gasteiger partial charge on any atom is 0.293 e. The van der Waals surface area contributed by atoms with Gasteiger partial charge in [-0.05, 0) is 24.1 Å². The molecule has 0 amide bonds. The van der Waals surface area contributed by atoms with E-state index in [0.29, 0.717) is 12.2 Å². The van der Waals surface area contributed by atoms with Crippen molar-refractivity contribution in [2.24, 2.45) is 21.6 Å². The molecule has 3 rings (SSSR count).